The quantitative estimate of drug-likeness (QED) is 0.840. The number of hydrogen-bond donors (Lipinski definition) is 0. The molecule has 2 saturated heterocycles. The van der Waals surface area contributed by atoms with Crippen LogP contribution in [0.1, 0.15) is 25.7 Å². The summed E-state index contributed by atoms with van der Waals surface area (Å²) in [7, 11) is 0. The Morgan fingerprint density at radius 2 is 1.90 bits per heavy atom. The summed E-state index contributed by atoms with van der Waals surface area (Å²) in [6.45, 7) is 5.60. The molecule has 1 aromatic rings. The number of rotatable bonds is 3. The van der Waals surface area contributed by atoms with Crippen molar-refractivity contribution in [2.75, 3.05) is 37.6 Å². The monoisotopic (exact) mass is 341 g/mol. The van der Waals surface area contributed by atoms with Crippen molar-refractivity contribution in [3.63, 3.8) is 0 Å². The molecular formula is C15H21BrFN3. The van der Waals surface area contributed by atoms with Crippen molar-refractivity contribution in [1.82, 2.24) is 9.88 Å². The van der Waals surface area contributed by atoms with Crippen molar-refractivity contribution in [2.24, 2.45) is 5.92 Å². The Labute approximate surface area is 128 Å². The van der Waals surface area contributed by atoms with Gasteiger partial charge in [-0.05, 0) is 66.7 Å². The summed E-state index contributed by atoms with van der Waals surface area (Å²) in [5.74, 6) is 1.05. The fourth-order valence-electron chi connectivity index (χ4n) is 3.30. The van der Waals surface area contributed by atoms with E-state index in [-0.39, 0.29) is 5.82 Å². The molecule has 0 aromatic carbocycles. The maximum Gasteiger partial charge on any atom is 0.166 e. The molecular weight excluding hydrogens is 321 g/mol. The minimum absolute atomic E-state index is 0.225. The second-order valence-corrected chi connectivity index (χ2v) is 6.81. The highest BCUT2D eigenvalue weighted by Gasteiger charge is 2.24. The van der Waals surface area contributed by atoms with E-state index < -0.39 is 0 Å². The molecule has 3 heterocycles. The molecule has 0 amide bonds. The largest absolute Gasteiger partial charge is 0.354 e. The first-order chi connectivity index (χ1) is 9.72. The summed E-state index contributed by atoms with van der Waals surface area (Å²) in [6, 6.07) is 1.50. The van der Waals surface area contributed by atoms with E-state index in [1.807, 2.05) is 0 Å². The van der Waals surface area contributed by atoms with Crippen molar-refractivity contribution >= 4 is 21.7 Å². The van der Waals surface area contributed by atoms with Crippen molar-refractivity contribution in [3.8, 4) is 0 Å². The van der Waals surface area contributed by atoms with Gasteiger partial charge in [0.25, 0.3) is 0 Å². The van der Waals surface area contributed by atoms with Gasteiger partial charge in [0.2, 0.25) is 0 Å². The van der Waals surface area contributed by atoms with Crippen molar-refractivity contribution < 1.29 is 4.39 Å². The Bertz CT molecular complexity index is 454. The minimum Gasteiger partial charge on any atom is -0.354 e. The Balaban J connectivity index is 1.55. The number of anilines is 1. The highest BCUT2D eigenvalue weighted by Crippen LogP contribution is 2.26. The number of likely N-dealkylation sites (tertiary alicyclic amines) is 1. The van der Waals surface area contributed by atoms with Crippen LogP contribution in [0.4, 0.5) is 10.2 Å². The minimum atomic E-state index is -0.225. The molecule has 0 spiro atoms. The number of pyridine rings is 1. The third-order valence-electron chi connectivity index (χ3n) is 4.42. The first kappa shape index (κ1) is 14.3. The lowest BCUT2D eigenvalue weighted by atomic mass is 9.96. The van der Waals surface area contributed by atoms with Gasteiger partial charge in [0.05, 0.1) is 0 Å². The van der Waals surface area contributed by atoms with Gasteiger partial charge in [-0.1, -0.05) is 0 Å². The molecule has 1 aromatic heterocycles. The van der Waals surface area contributed by atoms with Crippen LogP contribution in [0.15, 0.2) is 16.7 Å². The molecule has 3 rings (SSSR count). The molecule has 110 valence electrons. The predicted molar refractivity (Wildman–Crippen MR) is 82.5 cm³/mol. The van der Waals surface area contributed by atoms with E-state index in [2.05, 4.69) is 30.7 Å². The van der Waals surface area contributed by atoms with Crippen molar-refractivity contribution in [1.29, 1.82) is 0 Å². The molecule has 3 nitrogen and oxygen atoms in total. The van der Waals surface area contributed by atoms with E-state index in [0.29, 0.717) is 10.3 Å². The number of aromatic nitrogens is 1. The van der Waals surface area contributed by atoms with Crippen LogP contribution in [0.25, 0.3) is 0 Å². The smallest absolute Gasteiger partial charge is 0.166 e. The van der Waals surface area contributed by atoms with Gasteiger partial charge >= 0.3 is 0 Å². The van der Waals surface area contributed by atoms with E-state index >= 15 is 0 Å². The molecule has 0 N–H and O–H groups in total. The Morgan fingerprint density at radius 3 is 2.55 bits per heavy atom. The SMILES string of the molecule is Fc1cc(Br)cnc1N1CCC(CN2CCCC2)CC1. The van der Waals surface area contributed by atoms with Crippen molar-refractivity contribution in [2.45, 2.75) is 25.7 Å². The highest BCUT2D eigenvalue weighted by molar-refractivity contribution is 9.10. The molecule has 0 aliphatic carbocycles. The Morgan fingerprint density at radius 1 is 1.20 bits per heavy atom. The van der Waals surface area contributed by atoms with Crippen LogP contribution < -0.4 is 4.90 Å². The van der Waals surface area contributed by atoms with E-state index in [1.54, 1.807) is 6.20 Å². The van der Waals surface area contributed by atoms with Crippen LogP contribution >= 0.6 is 15.9 Å². The lowest BCUT2D eigenvalue weighted by molar-refractivity contribution is 0.249. The molecule has 2 fully saturated rings. The second-order valence-electron chi connectivity index (χ2n) is 5.90. The highest BCUT2D eigenvalue weighted by atomic mass is 79.9. The number of halogens is 2. The van der Waals surface area contributed by atoms with Gasteiger partial charge in [-0.2, -0.15) is 0 Å². The first-order valence-electron chi connectivity index (χ1n) is 7.51. The zero-order valence-electron chi connectivity index (χ0n) is 11.7. The van der Waals surface area contributed by atoms with E-state index in [4.69, 9.17) is 0 Å². The van der Waals surface area contributed by atoms with E-state index in [0.717, 1.165) is 31.8 Å². The van der Waals surface area contributed by atoms with Crippen LogP contribution in [0, 0.1) is 11.7 Å². The predicted octanol–water partition coefficient (Wildman–Crippen LogP) is 3.30. The molecule has 2 aliphatic rings. The normalized spacial score (nSPS) is 21.6. The molecule has 0 radical (unpaired) electrons. The molecule has 2 aliphatic heterocycles. The van der Waals surface area contributed by atoms with Gasteiger partial charge in [0.1, 0.15) is 0 Å². The average Bonchev–Trinajstić information content (AvgIpc) is 2.93. The van der Waals surface area contributed by atoms with Crippen LogP contribution in [0.5, 0.6) is 0 Å². The zero-order valence-corrected chi connectivity index (χ0v) is 13.3. The van der Waals surface area contributed by atoms with Gasteiger partial charge in [-0.3, -0.25) is 0 Å². The van der Waals surface area contributed by atoms with Crippen LogP contribution in [-0.4, -0.2) is 42.6 Å². The number of hydrogen-bond acceptors (Lipinski definition) is 3. The van der Waals surface area contributed by atoms with Crippen LogP contribution in [0.2, 0.25) is 0 Å². The van der Waals surface area contributed by atoms with Crippen LogP contribution in [0.3, 0.4) is 0 Å². The summed E-state index contributed by atoms with van der Waals surface area (Å²) < 4.78 is 14.6. The topological polar surface area (TPSA) is 19.4 Å². The van der Waals surface area contributed by atoms with Gasteiger partial charge in [0.15, 0.2) is 11.6 Å². The third-order valence-corrected chi connectivity index (χ3v) is 4.85. The number of nitrogens with zero attached hydrogens (tertiary/aromatic N) is 3. The Hall–Kier alpha value is -0.680. The number of piperidine rings is 1. The molecule has 20 heavy (non-hydrogen) atoms. The van der Waals surface area contributed by atoms with Gasteiger partial charge < -0.3 is 9.80 Å². The molecule has 5 heteroatoms. The molecule has 0 atom stereocenters. The molecule has 0 bridgehead atoms. The summed E-state index contributed by atoms with van der Waals surface area (Å²) in [4.78, 5) is 8.89. The second kappa shape index (κ2) is 6.39. The molecule has 0 unspecified atom stereocenters. The van der Waals surface area contributed by atoms with Crippen molar-refractivity contribution in [3.05, 3.63) is 22.6 Å². The third kappa shape index (κ3) is 3.31. The van der Waals surface area contributed by atoms with Crippen LogP contribution in [-0.2, 0) is 0 Å². The van der Waals surface area contributed by atoms with Gasteiger partial charge in [-0.25, -0.2) is 9.37 Å². The first-order valence-corrected chi connectivity index (χ1v) is 8.30. The lowest BCUT2D eigenvalue weighted by Crippen LogP contribution is -2.38. The van der Waals surface area contributed by atoms with E-state index in [9.17, 15) is 4.39 Å². The summed E-state index contributed by atoms with van der Waals surface area (Å²) >= 11 is 3.25. The summed E-state index contributed by atoms with van der Waals surface area (Å²) in [5, 5.41) is 0. The summed E-state index contributed by atoms with van der Waals surface area (Å²) in [5.41, 5.74) is 0. The Kier molecular flexibility index (Phi) is 4.56. The lowest BCUT2D eigenvalue weighted by Gasteiger charge is -2.34. The zero-order chi connectivity index (χ0) is 13.9. The maximum atomic E-state index is 13.9. The average molecular weight is 342 g/mol. The van der Waals surface area contributed by atoms with Gasteiger partial charge in [0, 0.05) is 30.3 Å². The van der Waals surface area contributed by atoms with E-state index in [1.165, 1.54) is 38.5 Å². The maximum absolute atomic E-state index is 13.9. The van der Waals surface area contributed by atoms with Gasteiger partial charge in [-0.15, -0.1) is 0 Å². The fourth-order valence-corrected chi connectivity index (χ4v) is 3.60. The molecule has 0 saturated carbocycles. The summed E-state index contributed by atoms with van der Waals surface area (Å²) in [6.07, 6.45) is 6.68. The fraction of sp³-hybridized carbons (Fsp3) is 0.667. The standard InChI is InChI=1S/C15H21BrFN3/c16-13-9-14(17)15(18-10-13)20-7-3-12(4-8-20)11-19-5-1-2-6-19/h9-10,12H,1-8,11H2.